The highest BCUT2D eigenvalue weighted by Gasteiger charge is 2.19. The van der Waals surface area contributed by atoms with Crippen molar-refractivity contribution in [2.75, 3.05) is 5.32 Å². The molecule has 1 aromatic heterocycles. The van der Waals surface area contributed by atoms with Crippen LogP contribution in [0.4, 0.5) is 17.2 Å². The number of aromatic nitrogens is 1. The van der Waals surface area contributed by atoms with E-state index in [-0.39, 0.29) is 17.1 Å². The lowest BCUT2D eigenvalue weighted by molar-refractivity contribution is -0.384. The Labute approximate surface area is 126 Å². The number of para-hydroxylation sites is 1. The van der Waals surface area contributed by atoms with Crippen molar-refractivity contribution in [3.8, 4) is 0 Å². The minimum Gasteiger partial charge on any atom is -0.478 e. The van der Waals surface area contributed by atoms with Crippen molar-refractivity contribution < 1.29 is 14.8 Å². The summed E-state index contributed by atoms with van der Waals surface area (Å²) in [6.07, 6.45) is 1.08. The van der Waals surface area contributed by atoms with Gasteiger partial charge in [0.15, 0.2) is 0 Å². The first kappa shape index (κ1) is 14.2. The summed E-state index contributed by atoms with van der Waals surface area (Å²) in [5, 5.41) is 22.7. The third-order valence-electron chi connectivity index (χ3n) is 2.44. The number of hydrogen-bond acceptors (Lipinski definition) is 5. The Hall–Kier alpha value is -2.23. The monoisotopic (exact) mass is 385 g/mol. The number of rotatable bonds is 4. The van der Waals surface area contributed by atoms with E-state index in [4.69, 9.17) is 5.11 Å². The van der Waals surface area contributed by atoms with E-state index in [0.29, 0.717) is 5.69 Å². The van der Waals surface area contributed by atoms with Crippen LogP contribution in [0.5, 0.6) is 0 Å². The van der Waals surface area contributed by atoms with Crippen molar-refractivity contribution in [2.45, 2.75) is 0 Å². The number of carboxylic acid groups (broad SMARTS) is 1. The lowest BCUT2D eigenvalue weighted by Crippen LogP contribution is -2.04. The van der Waals surface area contributed by atoms with Gasteiger partial charge in [-0.15, -0.1) is 0 Å². The molecule has 0 unspecified atom stereocenters. The van der Waals surface area contributed by atoms with Gasteiger partial charge < -0.3 is 10.4 Å². The van der Waals surface area contributed by atoms with Gasteiger partial charge in [0, 0.05) is 15.8 Å². The highest BCUT2D eigenvalue weighted by molar-refractivity contribution is 14.1. The summed E-state index contributed by atoms with van der Waals surface area (Å²) in [7, 11) is 0. The highest BCUT2D eigenvalue weighted by atomic mass is 127. The normalized spacial score (nSPS) is 10.1. The van der Waals surface area contributed by atoms with Crippen LogP contribution >= 0.6 is 22.6 Å². The van der Waals surface area contributed by atoms with E-state index in [1.54, 1.807) is 12.1 Å². The number of aromatic carboxylic acids is 1. The van der Waals surface area contributed by atoms with Gasteiger partial charge in [-0.25, -0.2) is 9.78 Å². The second-order valence-corrected chi connectivity index (χ2v) is 4.92. The van der Waals surface area contributed by atoms with Gasteiger partial charge in [-0.05, 0) is 34.7 Å². The Bertz CT molecular complexity index is 690. The molecule has 1 aromatic carbocycles. The molecule has 0 spiro atoms. The van der Waals surface area contributed by atoms with Crippen LogP contribution in [0.25, 0.3) is 0 Å². The molecule has 0 bridgehead atoms. The molecule has 8 heteroatoms. The van der Waals surface area contributed by atoms with Gasteiger partial charge in [-0.2, -0.15) is 0 Å². The second-order valence-electron chi connectivity index (χ2n) is 3.76. The number of pyridine rings is 1. The molecule has 0 saturated carbocycles. The van der Waals surface area contributed by atoms with Crippen molar-refractivity contribution in [2.24, 2.45) is 0 Å². The number of halogens is 1. The number of hydrogen-bond donors (Lipinski definition) is 2. The Morgan fingerprint density at radius 2 is 2.10 bits per heavy atom. The van der Waals surface area contributed by atoms with Crippen LogP contribution in [0.1, 0.15) is 10.4 Å². The lowest BCUT2D eigenvalue weighted by Gasteiger charge is -2.08. The topological polar surface area (TPSA) is 105 Å². The molecule has 20 heavy (non-hydrogen) atoms. The Morgan fingerprint density at radius 1 is 1.40 bits per heavy atom. The van der Waals surface area contributed by atoms with Crippen molar-refractivity contribution in [3.05, 3.63) is 55.8 Å². The van der Waals surface area contributed by atoms with E-state index >= 15 is 0 Å². The third-order valence-corrected chi connectivity index (χ3v) is 3.38. The number of nitrogens with zero attached hydrogens (tertiary/aromatic N) is 2. The average molecular weight is 385 g/mol. The van der Waals surface area contributed by atoms with Gasteiger partial charge in [0.2, 0.25) is 5.82 Å². The number of carboxylic acids is 1. The molecule has 0 aliphatic carbocycles. The molecule has 0 aliphatic rings. The molecular weight excluding hydrogens is 377 g/mol. The molecule has 7 nitrogen and oxygen atoms in total. The van der Waals surface area contributed by atoms with E-state index in [1.807, 2.05) is 12.1 Å². The first-order valence-corrected chi connectivity index (χ1v) is 6.46. The predicted molar refractivity (Wildman–Crippen MR) is 80.3 cm³/mol. The van der Waals surface area contributed by atoms with Crippen molar-refractivity contribution in [1.29, 1.82) is 0 Å². The summed E-state index contributed by atoms with van der Waals surface area (Å²) in [4.78, 5) is 25.0. The van der Waals surface area contributed by atoms with Crippen molar-refractivity contribution in [3.63, 3.8) is 0 Å². The molecule has 2 rings (SSSR count). The summed E-state index contributed by atoms with van der Waals surface area (Å²) in [6.45, 7) is 0. The SMILES string of the molecule is O=C(O)c1cnc(Nc2ccccc2I)c([N+](=O)[O-])c1. The Kier molecular flexibility index (Phi) is 4.13. The molecule has 1 heterocycles. The number of nitrogens with one attached hydrogen (secondary N) is 1. The lowest BCUT2D eigenvalue weighted by atomic mass is 10.2. The van der Waals surface area contributed by atoms with Gasteiger partial charge in [0.1, 0.15) is 0 Å². The van der Waals surface area contributed by atoms with Gasteiger partial charge >= 0.3 is 11.7 Å². The van der Waals surface area contributed by atoms with E-state index in [9.17, 15) is 14.9 Å². The highest BCUT2D eigenvalue weighted by Crippen LogP contribution is 2.28. The average Bonchev–Trinajstić information content (AvgIpc) is 2.41. The molecule has 0 saturated heterocycles. The fraction of sp³-hybridized carbons (Fsp3) is 0. The Morgan fingerprint density at radius 3 is 2.70 bits per heavy atom. The number of carbonyl (C=O) groups is 1. The van der Waals surface area contributed by atoms with Crippen LogP contribution < -0.4 is 5.32 Å². The van der Waals surface area contributed by atoms with Crippen molar-refractivity contribution in [1.82, 2.24) is 4.98 Å². The minimum atomic E-state index is -1.26. The van der Waals surface area contributed by atoms with Crippen LogP contribution in [0.2, 0.25) is 0 Å². The molecule has 2 aromatic rings. The second kappa shape index (κ2) is 5.82. The number of nitro groups is 1. The first-order chi connectivity index (χ1) is 9.49. The smallest absolute Gasteiger partial charge is 0.337 e. The molecule has 102 valence electrons. The summed E-state index contributed by atoms with van der Waals surface area (Å²) >= 11 is 2.08. The van der Waals surface area contributed by atoms with Crippen LogP contribution in [0.3, 0.4) is 0 Å². The van der Waals surface area contributed by atoms with Gasteiger partial charge in [-0.1, -0.05) is 12.1 Å². The minimum absolute atomic E-state index is 0.00381. The standard InChI is InChI=1S/C12H8IN3O4/c13-8-3-1-2-4-9(8)15-11-10(16(19)20)5-7(6-14-11)12(17)18/h1-6H,(H,14,15)(H,17,18). The zero-order valence-corrected chi connectivity index (χ0v) is 12.1. The summed E-state index contributed by atoms with van der Waals surface area (Å²) < 4.78 is 0.864. The summed E-state index contributed by atoms with van der Waals surface area (Å²) in [5.74, 6) is -1.26. The zero-order valence-electron chi connectivity index (χ0n) is 9.91. The van der Waals surface area contributed by atoms with E-state index < -0.39 is 10.9 Å². The van der Waals surface area contributed by atoms with Gasteiger partial charge in [0.25, 0.3) is 0 Å². The fourth-order valence-electron chi connectivity index (χ4n) is 1.50. The van der Waals surface area contributed by atoms with E-state index in [2.05, 4.69) is 32.9 Å². The molecule has 0 amide bonds. The predicted octanol–water partition coefficient (Wildman–Crippen LogP) is 3.04. The Balaban J connectivity index is 2.44. The van der Waals surface area contributed by atoms with Gasteiger partial charge in [0.05, 0.1) is 16.2 Å². The van der Waals surface area contributed by atoms with Crippen molar-refractivity contribution >= 4 is 45.8 Å². The molecule has 0 fully saturated rings. The van der Waals surface area contributed by atoms with Crippen LogP contribution in [0.15, 0.2) is 36.5 Å². The van der Waals surface area contributed by atoms with E-state index in [0.717, 1.165) is 15.8 Å². The summed E-state index contributed by atoms with van der Waals surface area (Å²) in [6, 6.07) is 8.18. The largest absolute Gasteiger partial charge is 0.478 e. The fourth-order valence-corrected chi connectivity index (χ4v) is 2.02. The maximum atomic E-state index is 11.0. The summed E-state index contributed by atoms with van der Waals surface area (Å²) in [5.41, 5.74) is 0.0429. The van der Waals surface area contributed by atoms with Crippen LogP contribution in [0, 0.1) is 13.7 Å². The molecule has 0 radical (unpaired) electrons. The molecule has 0 aliphatic heterocycles. The van der Waals surface area contributed by atoms with E-state index in [1.165, 1.54) is 0 Å². The zero-order chi connectivity index (χ0) is 14.7. The maximum Gasteiger partial charge on any atom is 0.337 e. The van der Waals surface area contributed by atoms with Gasteiger partial charge in [-0.3, -0.25) is 10.1 Å². The molecular formula is C12H8IN3O4. The quantitative estimate of drug-likeness (QED) is 0.476. The number of benzene rings is 1. The third kappa shape index (κ3) is 3.02. The molecule has 2 N–H and O–H groups in total. The number of anilines is 2. The maximum absolute atomic E-state index is 11.0. The van der Waals surface area contributed by atoms with Crippen LogP contribution in [-0.2, 0) is 0 Å². The van der Waals surface area contributed by atoms with Crippen LogP contribution in [-0.4, -0.2) is 21.0 Å². The first-order valence-electron chi connectivity index (χ1n) is 5.38. The molecule has 0 atom stereocenters.